The number of aromatic nitrogens is 2. The molecule has 0 radical (unpaired) electrons. The summed E-state index contributed by atoms with van der Waals surface area (Å²) in [5.74, 6) is 0.909. The van der Waals surface area contributed by atoms with Gasteiger partial charge in [-0.05, 0) is 17.9 Å². The van der Waals surface area contributed by atoms with Crippen molar-refractivity contribution in [1.82, 2.24) is 9.97 Å². The molecule has 2 rings (SSSR count). The molecule has 0 saturated carbocycles. The van der Waals surface area contributed by atoms with Gasteiger partial charge in [0, 0.05) is 7.11 Å². The topological polar surface area (TPSA) is 47.0 Å². The van der Waals surface area contributed by atoms with Gasteiger partial charge >= 0.3 is 0 Å². The summed E-state index contributed by atoms with van der Waals surface area (Å²) in [5, 5.41) is 6.57. The first-order valence-corrected chi connectivity index (χ1v) is 6.66. The van der Waals surface area contributed by atoms with Crippen LogP contribution < -0.4 is 5.32 Å². The Morgan fingerprint density at radius 2 is 2.35 bits per heavy atom. The molecule has 0 saturated heterocycles. The molecule has 2 aromatic heterocycles. The van der Waals surface area contributed by atoms with Crippen LogP contribution in [0.2, 0.25) is 0 Å². The van der Waals surface area contributed by atoms with E-state index in [9.17, 15) is 0 Å². The van der Waals surface area contributed by atoms with Crippen LogP contribution in [0.1, 0.15) is 19.8 Å². The lowest BCUT2D eigenvalue weighted by atomic mass is 10.2. The average molecular weight is 251 g/mol. The van der Waals surface area contributed by atoms with Gasteiger partial charge in [-0.2, -0.15) is 0 Å². The average Bonchev–Trinajstić information content (AvgIpc) is 2.79. The van der Waals surface area contributed by atoms with Crippen molar-refractivity contribution in [3.05, 3.63) is 17.8 Å². The highest BCUT2D eigenvalue weighted by atomic mass is 32.1. The fourth-order valence-electron chi connectivity index (χ4n) is 1.85. The van der Waals surface area contributed by atoms with Gasteiger partial charge in [-0.15, -0.1) is 11.3 Å². The van der Waals surface area contributed by atoms with E-state index in [-0.39, 0.29) is 0 Å². The van der Waals surface area contributed by atoms with E-state index >= 15 is 0 Å². The quantitative estimate of drug-likeness (QED) is 0.857. The molecule has 0 aliphatic rings. The first-order chi connectivity index (χ1) is 8.35. The lowest BCUT2D eigenvalue weighted by Crippen LogP contribution is -2.25. The lowest BCUT2D eigenvalue weighted by molar-refractivity contribution is 0.182. The smallest absolute Gasteiger partial charge is 0.138 e. The first-order valence-electron chi connectivity index (χ1n) is 5.78. The molecule has 2 heterocycles. The van der Waals surface area contributed by atoms with Gasteiger partial charge in [-0.3, -0.25) is 0 Å². The van der Waals surface area contributed by atoms with Gasteiger partial charge in [0.2, 0.25) is 0 Å². The van der Waals surface area contributed by atoms with Crippen molar-refractivity contribution >= 4 is 27.4 Å². The molecular weight excluding hydrogens is 234 g/mol. The number of methoxy groups -OCH3 is 1. The molecule has 1 unspecified atom stereocenters. The van der Waals surface area contributed by atoms with Crippen LogP contribution in [0.4, 0.5) is 5.82 Å². The maximum atomic E-state index is 5.22. The second-order valence-electron chi connectivity index (χ2n) is 3.95. The molecular formula is C12H17N3OS. The van der Waals surface area contributed by atoms with Crippen LogP contribution in [0.25, 0.3) is 10.2 Å². The summed E-state index contributed by atoms with van der Waals surface area (Å²) in [6.45, 7) is 2.87. The Morgan fingerprint density at radius 1 is 1.47 bits per heavy atom. The van der Waals surface area contributed by atoms with Crippen LogP contribution in [0.15, 0.2) is 17.8 Å². The summed E-state index contributed by atoms with van der Waals surface area (Å²) in [6.07, 6.45) is 3.80. The van der Waals surface area contributed by atoms with E-state index in [2.05, 4.69) is 28.3 Å². The highest BCUT2D eigenvalue weighted by molar-refractivity contribution is 7.16. The van der Waals surface area contributed by atoms with E-state index in [4.69, 9.17) is 4.74 Å². The molecule has 0 fully saturated rings. The van der Waals surface area contributed by atoms with Crippen LogP contribution in [0.5, 0.6) is 0 Å². The van der Waals surface area contributed by atoms with E-state index in [1.807, 2.05) is 5.38 Å². The second-order valence-corrected chi connectivity index (χ2v) is 4.84. The van der Waals surface area contributed by atoms with Crippen LogP contribution >= 0.6 is 11.3 Å². The predicted octanol–water partition coefficient (Wildman–Crippen LogP) is 2.92. The monoisotopic (exact) mass is 251 g/mol. The van der Waals surface area contributed by atoms with Crippen molar-refractivity contribution in [1.29, 1.82) is 0 Å². The minimum Gasteiger partial charge on any atom is -0.383 e. The third-order valence-corrected chi connectivity index (χ3v) is 3.43. The molecule has 0 aromatic carbocycles. The lowest BCUT2D eigenvalue weighted by Gasteiger charge is -2.17. The zero-order chi connectivity index (χ0) is 12.1. The van der Waals surface area contributed by atoms with E-state index in [1.165, 1.54) is 0 Å². The summed E-state index contributed by atoms with van der Waals surface area (Å²) < 4.78 is 5.22. The third kappa shape index (κ3) is 2.92. The van der Waals surface area contributed by atoms with Crippen molar-refractivity contribution in [3.8, 4) is 0 Å². The molecule has 0 aliphatic carbocycles. The number of thiophene rings is 1. The number of anilines is 1. The van der Waals surface area contributed by atoms with Gasteiger partial charge in [0.15, 0.2) is 0 Å². The number of nitrogens with zero attached hydrogens (tertiary/aromatic N) is 2. The Hall–Kier alpha value is -1.20. The molecule has 2 aromatic rings. The van der Waals surface area contributed by atoms with Crippen molar-refractivity contribution in [2.24, 2.45) is 0 Å². The van der Waals surface area contributed by atoms with Gasteiger partial charge in [-0.1, -0.05) is 13.3 Å². The summed E-state index contributed by atoms with van der Waals surface area (Å²) in [5.41, 5.74) is 0. The van der Waals surface area contributed by atoms with Crippen molar-refractivity contribution in [3.63, 3.8) is 0 Å². The number of rotatable bonds is 6. The zero-order valence-electron chi connectivity index (χ0n) is 10.1. The number of nitrogens with one attached hydrogen (secondary N) is 1. The fourth-order valence-corrected chi connectivity index (χ4v) is 2.58. The largest absolute Gasteiger partial charge is 0.383 e. The fraction of sp³-hybridized carbons (Fsp3) is 0.500. The summed E-state index contributed by atoms with van der Waals surface area (Å²) in [6, 6.07) is 2.36. The molecule has 0 amide bonds. The number of hydrogen-bond acceptors (Lipinski definition) is 5. The molecule has 0 bridgehead atoms. The molecule has 1 atom stereocenters. The summed E-state index contributed by atoms with van der Waals surface area (Å²) in [7, 11) is 1.73. The number of hydrogen-bond donors (Lipinski definition) is 1. The van der Waals surface area contributed by atoms with Gasteiger partial charge in [0.25, 0.3) is 0 Å². The van der Waals surface area contributed by atoms with Crippen molar-refractivity contribution in [2.75, 3.05) is 19.0 Å². The van der Waals surface area contributed by atoms with Gasteiger partial charge in [-0.25, -0.2) is 9.97 Å². The Balaban J connectivity index is 2.18. The zero-order valence-corrected chi connectivity index (χ0v) is 11.0. The Morgan fingerprint density at radius 3 is 3.12 bits per heavy atom. The van der Waals surface area contributed by atoms with Gasteiger partial charge in [0.1, 0.15) is 17.0 Å². The van der Waals surface area contributed by atoms with Gasteiger partial charge in [0.05, 0.1) is 18.0 Å². The first kappa shape index (κ1) is 12.3. The molecule has 17 heavy (non-hydrogen) atoms. The third-order valence-electron chi connectivity index (χ3n) is 2.61. The second kappa shape index (κ2) is 5.93. The molecule has 92 valence electrons. The standard InChI is InChI=1S/C12H17N3OS/c1-3-4-9(7-16-2)15-11-10-5-6-17-12(10)14-8-13-11/h5-6,8-9H,3-4,7H2,1-2H3,(H,13,14,15). The van der Waals surface area contributed by atoms with E-state index < -0.39 is 0 Å². The molecule has 4 nitrogen and oxygen atoms in total. The highest BCUT2D eigenvalue weighted by Gasteiger charge is 2.11. The van der Waals surface area contributed by atoms with Crippen LogP contribution in [0.3, 0.4) is 0 Å². The molecule has 5 heteroatoms. The summed E-state index contributed by atoms with van der Waals surface area (Å²) >= 11 is 1.63. The van der Waals surface area contributed by atoms with Crippen LogP contribution in [0, 0.1) is 0 Å². The minimum atomic E-state index is 0.308. The van der Waals surface area contributed by atoms with E-state index in [0.29, 0.717) is 12.6 Å². The summed E-state index contributed by atoms with van der Waals surface area (Å²) in [4.78, 5) is 9.57. The van der Waals surface area contributed by atoms with Crippen LogP contribution in [-0.2, 0) is 4.74 Å². The van der Waals surface area contributed by atoms with Crippen molar-refractivity contribution in [2.45, 2.75) is 25.8 Å². The number of ether oxygens (including phenoxy) is 1. The minimum absolute atomic E-state index is 0.308. The molecule has 0 spiro atoms. The molecule has 1 N–H and O–H groups in total. The Kier molecular flexibility index (Phi) is 4.28. The SMILES string of the molecule is CCCC(COC)Nc1ncnc2sccc12. The Bertz CT molecular complexity index is 465. The normalized spacial score (nSPS) is 12.8. The van der Waals surface area contributed by atoms with E-state index in [1.54, 1.807) is 24.8 Å². The van der Waals surface area contributed by atoms with Crippen molar-refractivity contribution < 1.29 is 4.74 Å². The number of fused-ring (bicyclic) bond motifs is 1. The maximum Gasteiger partial charge on any atom is 0.138 e. The molecule has 0 aliphatic heterocycles. The van der Waals surface area contributed by atoms with Crippen LogP contribution in [-0.4, -0.2) is 29.7 Å². The predicted molar refractivity (Wildman–Crippen MR) is 71.6 cm³/mol. The Labute approximate surface area is 105 Å². The maximum absolute atomic E-state index is 5.22. The van der Waals surface area contributed by atoms with E-state index in [0.717, 1.165) is 28.9 Å². The highest BCUT2D eigenvalue weighted by Crippen LogP contribution is 2.24. The van der Waals surface area contributed by atoms with Gasteiger partial charge < -0.3 is 10.1 Å².